The van der Waals surface area contributed by atoms with Crippen LogP contribution in [0.3, 0.4) is 0 Å². The number of nitrogens with one attached hydrogen (secondary N) is 1. The van der Waals surface area contributed by atoms with E-state index in [4.69, 9.17) is 17.0 Å². The van der Waals surface area contributed by atoms with Gasteiger partial charge in [0, 0.05) is 6.54 Å². The highest BCUT2D eigenvalue weighted by molar-refractivity contribution is 7.71. The van der Waals surface area contributed by atoms with Crippen LogP contribution in [-0.4, -0.2) is 22.3 Å². The summed E-state index contributed by atoms with van der Waals surface area (Å²) in [5.74, 6) is 0. The first kappa shape index (κ1) is 13.8. The van der Waals surface area contributed by atoms with Crippen molar-refractivity contribution in [1.82, 2.24) is 9.55 Å². The highest BCUT2D eigenvalue weighted by Crippen LogP contribution is 2.21. The van der Waals surface area contributed by atoms with Crippen molar-refractivity contribution in [2.75, 3.05) is 6.61 Å². The van der Waals surface area contributed by atoms with Gasteiger partial charge in [0.1, 0.15) is 0 Å². The molecule has 0 atom stereocenters. The zero-order valence-electron chi connectivity index (χ0n) is 12.0. The van der Waals surface area contributed by atoms with Crippen LogP contribution in [0.5, 0.6) is 0 Å². The number of para-hydroxylation sites is 1. The van der Waals surface area contributed by atoms with Crippen molar-refractivity contribution < 1.29 is 4.74 Å². The van der Waals surface area contributed by atoms with Gasteiger partial charge in [-0.15, -0.1) is 0 Å². The molecular weight excluding hydrogens is 268 g/mol. The Morgan fingerprint density at radius 2 is 2.10 bits per heavy atom. The average Bonchev–Trinajstić information content (AvgIpc) is 2.78. The molecule has 1 heterocycles. The van der Waals surface area contributed by atoms with E-state index in [0.29, 0.717) is 6.10 Å². The fourth-order valence-electron chi connectivity index (χ4n) is 3.16. The van der Waals surface area contributed by atoms with Crippen molar-refractivity contribution in [1.29, 1.82) is 0 Å². The van der Waals surface area contributed by atoms with Crippen LogP contribution in [0.15, 0.2) is 18.2 Å². The Balaban J connectivity index is 1.71. The van der Waals surface area contributed by atoms with Crippen molar-refractivity contribution in [2.45, 2.75) is 51.7 Å². The van der Waals surface area contributed by atoms with Crippen molar-refractivity contribution >= 4 is 23.3 Å². The summed E-state index contributed by atoms with van der Waals surface area (Å²) >= 11 is 5.43. The number of H-pyrrole nitrogens is 1. The first-order valence-corrected chi connectivity index (χ1v) is 7.96. The number of aromatic nitrogens is 2. The molecule has 4 heteroatoms. The van der Waals surface area contributed by atoms with Crippen LogP contribution >= 0.6 is 12.2 Å². The molecule has 2 aromatic rings. The molecule has 0 amide bonds. The lowest BCUT2D eigenvalue weighted by atomic mass is 9.98. The Kier molecular flexibility index (Phi) is 4.22. The topological polar surface area (TPSA) is 29.9 Å². The van der Waals surface area contributed by atoms with E-state index in [2.05, 4.69) is 34.7 Å². The Morgan fingerprint density at radius 1 is 1.30 bits per heavy atom. The van der Waals surface area contributed by atoms with Crippen molar-refractivity contribution in [3.8, 4) is 0 Å². The van der Waals surface area contributed by atoms with Gasteiger partial charge in [0.25, 0.3) is 0 Å². The summed E-state index contributed by atoms with van der Waals surface area (Å²) in [6, 6.07) is 6.27. The first-order chi connectivity index (χ1) is 9.75. The SMILES string of the molecule is Cc1cccc2[nH]c(=S)n(CCOC3CCCCC3)c12. The number of fused-ring (bicyclic) bond motifs is 1. The number of hydrogen-bond acceptors (Lipinski definition) is 2. The molecular formula is C16H22N2OS. The molecule has 0 saturated heterocycles. The normalized spacial score (nSPS) is 16.9. The summed E-state index contributed by atoms with van der Waals surface area (Å²) in [5, 5.41) is 0. The Bertz CT molecular complexity index is 637. The number of benzene rings is 1. The number of aryl methyl sites for hydroxylation is 1. The van der Waals surface area contributed by atoms with Gasteiger partial charge in [-0.05, 0) is 43.6 Å². The average molecular weight is 290 g/mol. The van der Waals surface area contributed by atoms with E-state index in [0.717, 1.165) is 23.4 Å². The number of ether oxygens (including phenoxy) is 1. The minimum absolute atomic E-state index is 0.462. The van der Waals surface area contributed by atoms with Crippen LogP contribution in [-0.2, 0) is 11.3 Å². The zero-order valence-corrected chi connectivity index (χ0v) is 12.8. The maximum Gasteiger partial charge on any atom is 0.178 e. The maximum absolute atomic E-state index is 6.02. The van der Waals surface area contributed by atoms with Gasteiger partial charge < -0.3 is 14.3 Å². The van der Waals surface area contributed by atoms with E-state index in [1.54, 1.807) is 0 Å². The lowest BCUT2D eigenvalue weighted by molar-refractivity contribution is 0.0243. The van der Waals surface area contributed by atoms with Crippen molar-refractivity contribution in [2.24, 2.45) is 0 Å². The van der Waals surface area contributed by atoms with Gasteiger partial charge in [-0.2, -0.15) is 0 Å². The molecule has 1 saturated carbocycles. The molecule has 1 aliphatic rings. The Hall–Kier alpha value is -1.13. The van der Waals surface area contributed by atoms with Gasteiger partial charge in [0.05, 0.1) is 23.7 Å². The minimum Gasteiger partial charge on any atom is -0.376 e. The second-order valence-electron chi connectivity index (χ2n) is 5.68. The fourth-order valence-corrected chi connectivity index (χ4v) is 3.45. The molecule has 0 aliphatic heterocycles. The summed E-state index contributed by atoms with van der Waals surface area (Å²) in [6.07, 6.45) is 6.90. The predicted octanol–water partition coefficient (Wildman–Crippen LogP) is 4.36. The fraction of sp³-hybridized carbons (Fsp3) is 0.562. The van der Waals surface area contributed by atoms with Gasteiger partial charge in [-0.3, -0.25) is 0 Å². The smallest absolute Gasteiger partial charge is 0.178 e. The third kappa shape index (κ3) is 2.81. The summed E-state index contributed by atoms with van der Waals surface area (Å²) in [7, 11) is 0. The molecule has 1 N–H and O–H groups in total. The highest BCUT2D eigenvalue weighted by atomic mass is 32.1. The standard InChI is InChI=1S/C16H22N2OS/c1-12-6-5-9-14-15(12)18(16(20)17-14)10-11-19-13-7-3-2-4-8-13/h5-6,9,13H,2-4,7-8,10-11H2,1H3,(H,17,20). The monoisotopic (exact) mass is 290 g/mol. The Morgan fingerprint density at radius 3 is 2.90 bits per heavy atom. The lowest BCUT2D eigenvalue weighted by Crippen LogP contribution is -2.19. The molecule has 0 unspecified atom stereocenters. The maximum atomic E-state index is 6.02. The lowest BCUT2D eigenvalue weighted by Gasteiger charge is -2.22. The van der Waals surface area contributed by atoms with E-state index in [-0.39, 0.29) is 0 Å². The number of aromatic amines is 1. The summed E-state index contributed by atoms with van der Waals surface area (Å²) < 4.78 is 8.98. The molecule has 108 valence electrons. The van der Waals surface area contributed by atoms with Crippen molar-refractivity contribution in [3.05, 3.63) is 28.5 Å². The second-order valence-corrected chi connectivity index (χ2v) is 6.07. The molecule has 1 aromatic heterocycles. The number of imidazole rings is 1. The van der Waals surface area contributed by atoms with E-state index in [9.17, 15) is 0 Å². The molecule has 1 aliphatic carbocycles. The zero-order chi connectivity index (χ0) is 13.9. The van der Waals surface area contributed by atoms with Crippen LogP contribution in [0, 0.1) is 11.7 Å². The number of nitrogens with zero attached hydrogens (tertiary/aromatic N) is 1. The van der Waals surface area contributed by atoms with Crippen LogP contribution in [0.25, 0.3) is 11.0 Å². The Labute approximate surface area is 125 Å². The molecule has 0 spiro atoms. The van der Waals surface area contributed by atoms with E-state index >= 15 is 0 Å². The van der Waals surface area contributed by atoms with Gasteiger partial charge in [0.15, 0.2) is 4.77 Å². The summed E-state index contributed by atoms with van der Waals surface area (Å²) in [5.41, 5.74) is 3.59. The summed E-state index contributed by atoms with van der Waals surface area (Å²) in [6.45, 7) is 3.71. The van der Waals surface area contributed by atoms with Gasteiger partial charge in [-0.25, -0.2) is 0 Å². The largest absolute Gasteiger partial charge is 0.376 e. The molecule has 0 radical (unpaired) electrons. The predicted molar refractivity (Wildman–Crippen MR) is 84.7 cm³/mol. The number of rotatable bonds is 4. The van der Waals surface area contributed by atoms with Gasteiger partial charge in [-0.1, -0.05) is 31.4 Å². The highest BCUT2D eigenvalue weighted by Gasteiger charge is 2.14. The quantitative estimate of drug-likeness (QED) is 0.848. The molecule has 0 bridgehead atoms. The van der Waals surface area contributed by atoms with Crippen LogP contribution in [0.1, 0.15) is 37.7 Å². The number of hydrogen-bond donors (Lipinski definition) is 1. The van der Waals surface area contributed by atoms with E-state index in [1.807, 2.05) is 0 Å². The van der Waals surface area contributed by atoms with Crippen LogP contribution in [0.2, 0.25) is 0 Å². The molecule has 3 nitrogen and oxygen atoms in total. The van der Waals surface area contributed by atoms with Crippen LogP contribution < -0.4 is 0 Å². The second kappa shape index (κ2) is 6.10. The third-order valence-corrected chi connectivity index (χ3v) is 4.54. The van der Waals surface area contributed by atoms with Gasteiger partial charge >= 0.3 is 0 Å². The van der Waals surface area contributed by atoms with Crippen LogP contribution in [0.4, 0.5) is 0 Å². The minimum atomic E-state index is 0.462. The molecule has 1 fully saturated rings. The van der Waals surface area contributed by atoms with E-state index in [1.165, 1.54) is 43.2 Å². The van der Waals surface area contributed by atoms with Crippen molar-refractivity contribution in [3.63, 3.8) is 0 Å². The molecule has 1 aromatic carbocycles. The molecule has 3 rings (SSSR count). The van der Waals surface area contributed by atoms with E-state index < -0.39 is 0 Å². The molecule has 20 heavy (non-hydrogen) atoms. The summed E-state index contributed by atoms with van der Waals surface area (Å²) in [4.78, 5) is 3.28. The first-order valence-electron chi connectivity index (χ1n) is 7.55. The van der Waals surface area contributed by atoms with Gasteiger partial charge in [0.2, 0.25) is 0 Å². The third-order valence-electron chi connectivity index (χ3n) is 4.22.